The first-order valence-electron chi connectivity index (χ1n) is 6.47. The van der Waals surface area contributed by atoms with Gasteiger partial charge in [0.15, 0.2) is 0 Å². The number of amides is 1. The molecule has 2 rings (SSSR count). The Bertz CT molecular complexity index is 621. The lowest BCUT2D eigenvalue weighted by atomic mass is 10.2. The van der Waals surface area contributed by atoms with Gasteiger partial charge in [0.25, 0.3) is 0 Å². The van der Waals surface area contributed by atoms with Gasteiger partial charge in [0, 0.05) is 10.9 Å². The van der Waals surface area contributed by atoms with Crippen LogP contribution in [0.25, 0.3) is 0 Å². The average molecular weight is 324 g/mol. The summed E-state index contributed by atoms with van der Waals surface area (Å²) in [6, 6.07) is 14.1. The Morgan fingerprint density at radius 3 is 2.67 bits per heavy atom. The number of anilines is 1. The van der Waals surface area contributed by atoms with Crippen LogP contribution < -0.4 is 5.32 Å². The molecule has 0 heterocycles. The fourth-order valence-corrected chi connectivity index (χ4v) is 2.80. The molecule has 0 bridgehead atoms. The van der Waals surface area contributed by atoms with Crippen LogP contribution in [0.1, 0.15) is 17.7 Å². The fraction of sp³-hybridized carbons (Fsp3) is 0.188. The fourth-order valence-electron chi connectivity index (χ4n) is 1.79. The summed E-state index contributed by atoms with van der Waals surface area (Å²) in [5, 5.41) is 2.93. The Morgan fingerprint density at radius 1 is 1.29 bits per heavy atom. The molecule has 0 aliphatic heterocycles. The molecule has 0 fully saturated rings. The number of carbonyl (C=O) groups is 1. The van der Waals surface area contributed by atoms with E-state index in [1.54, 1.807) is 11.8 Å². The zero-order valence-electron chi connectivity index (χ0n) is 11.5. The normalized spacial score (nSPS) is 12.0. The van der Waals surface area contributed by atoms with Gasteiger partial charge < -0.3 is 5.32 Å². The standard InChI is InChI=1S/C16H15ClFNOS/c1-11(12-5-3-2-4-6-12)21-10-16(20)19-13-7-8-15(18)14(17)9-13/h2-9,11H,10H2,1H3,(H,19,20)/t11-/m0/s1. The molecule has 110 valence electrons. The minimum absolute atomic E-state index is 0.00175. The summed E-state index contributed by atoms with van der Waals surface area (Å²) in [7, 11) is 0. The monoisotopic (exact) mass is 323 g/mol. The van der Waals surface area contributed by atoms with E-state index in [0.29, 0.717) is 11.4 Å². The quantitative estimate of drug-likeness (QED) is 0.846. The van der Waals surface area contributed by atoms with Crippen molar-refractivity contribution in [3.63, 3.8) is 0 Å². The minimum Gasteiger partial charge on any atom is -0.325 e. The summed E-state index contributed by atoms with van der Waals surface area (Å²) < 4.78 is 13.0. The van der Waals surface area contributed by atoms with Crippen LogP contribution in [0.3, 0.4) is 0 Å². The second-order valence-corrected chi connectivity index (χ2v) is 6.28. The molecule has 0 aliphatic carbocycles. The van der Waals surface area contributed by atoms with Crippen molar-refractivity contribution in [1.29, 1.82) is 0 Å². The van der Waals surface area contributed by atoms with Gasteiger partial charge in [-0.1, -0.05) is 41.9 Å². The van der Waals surface area contributed by atoms with Crippen molar-refractivity contribution in [3.8, 4) is 0 Å². The molecule has 1 amide bonds. The van der Waals surface area contributed by atoms with Gasteiger partial charge in [-0.25, -0.2) is 4.39 Å². The maximum Gasteiger partial charge on any atom is 0.234 e. The summed E-state index contributed by atoms with van der Waals surface area (Å²) in [5.41, 5.74) is 1.68. The molecule has 2 nitrogen and oxygen atoms in total. The number of nitrogens with one attached hydrogen (secondary N) is 1. The van der Waals surface area contributed by atoms with E-state index in [-0.39, 0.29) is 16.2 Å². The maximum absolute atomic E-state index is 13.0. The first kappa shape index (κ1) is 15.9. The number of rotatable bonds is 5. The van der Waals surface area contributed by atoms with E-state index in [1.165, 1.54) is 23.8 Å². The molecule has 0 radical (unpaired) electrons. The van der Waals surface area contributed by atoms with Gasteiger partial charge in [-0.2, -0.15) is 0 Å². The van der Waals surface area contributed by atoms with Gasteiger partial charge in [-0.05, 0) is 30.7 Å². The largest absolute Gasteiger partial charge is 0.325 e. The average Bonchev–Trinajstić information content (AvgIpc) is 2.49. The second-order valence-electron chi connectivity index (χ2n) is 4.54. The van der Waals surface area contributed by atoms with Crippen molar-refractivity contribution < 1.29 is 9.18 Å². The highest BCUT2D eigenvalue weighted by atomic mass is 35.5. The third-order valence-corrected chi connectivity index (χ3v) is 4.43. The van der Waals surface area contributed by atoms with Crippen LogP contribution in [0.5, 0.6) is 0 Å². The summed E-state index contributed by atoms with van der Waals surface area (Å²) in [6.07, 6.45) is 0. The molecule has 21 heavy (non-hydrogen) atoms. The van der Waals surface area contributed by atoms with Crippen LogP contribution >= 0.6 is 23.4 Å². The molecule has 0 spiro atoms. The van der Waals surface area contributed by atoms with E-state index in [2.05, 4.69) is 12.2 Å². The van der Waals surface area contributed by atoms with Crippen LogP contribution in [0.4, 0.5) is 10.1 Å². The Morgan fingerprint density at radius 2 is 2.00 bits per heavy atom. The van der Waals surface area contributed by atoms with Crippen LogP contribution in [-0.4, -0.2) is 11.7 Å². The van der Waals surface area contributed by atoms with Gasteiger partial charge in [0.2, 0.25) is 5.91 Å². The number of thioether (sulfide) groups is 1. The molecular formula is C16H15ClFNOS. The third-order valence-electron chi connectivity index (χ3n) is 2.94. The van der Waals surface area contributed by atoms with E-state index in [0.717, 1.165) is 0 Å². The predicted molar refractivity (Wildman–Crippen MR) is 87.4 cm³/mol. The number of hydrogen-bond donors (Lipinski definition) is 1. The van der Waals surface area contributed by atoms with Gasteiger partial charge >= 0.3 is 0 Å². The lowest BCUT2D eigenvalue weighted by Gasteiger charge is -2.11. The maximum atomic E-state index is 13.0. The van der Waals surface area contributed by atoms with E-state index >= 15 is 0 Å². The van der Waals surface area contributed by atoms with Crippen LogP contribution in [-0.2, 0) is 4.79 Å². The zero-order chi connectivity index (χ0) is 15.2. The molecule has 0 unspecified atom stereocenters. The van der Waals surface area contributed by atoms with Crippen LogP contribution in [0.15, 0.2) is 48.5 Å². The predicted octanol–water partition coefficient (Wildman–Crippen LogP) is 4.91. The molecule has 2 aromatic rings. The van der Waals surface area contributed by atoms with Gasteiger partial charge in [0.05, 0.1) is 10.8 Å². The molecule has 5 heteroatoms. The molecule has 0 aromatic heterocycles. The number of halogens is 2. The third kappa shape index (κ3) is 4.76. The van der Waals surface area contributed by atoms with Crippen molar-refractivity contribution >= 4 is 35.0 Å². The highest BCUT2D eigenvalue weighted by Gasteiger charge is 2.10. The number of hydrogen-bond acceptors (Lipinski definition) is 2. The Hall–Kier alpha value is -1.52. The number of benzene rings is 2. The number of carbonyl (C=O) groups excluding carboxylic acids is 1. The molecular weight excluding hydrogens is 309 g/mol. The van der Waals surface area contributed by atoms with Crippen molar-refractivity contribution in [2.24, 2.45) is 0 Å². The summed E-state index contributed by atoms with van der Waals surface area (Å²) in [4.78, 5) is 11.9. The minimum atomic E-state index is -0.498. The van der Waals surface area contributed by atoms with Crippen molar-refractivity contribution in [3.05, 3.63) is 64.9 Å². The molecule has 1 N–H and O–H groups in total. The van der Waals surface area contributed by atoms with Crippen molar-refractivity contribution in [2.45, 2.75) is 12.2 Å². The molecule has 0 aliphatic rings. The Balaban J connectivity index is 1.86. The van der Waals surface area contributed by atoms with Crippen LogP contribution in [0, 0.1) is 5.82 Å². The van der Waals surface area contributed by atoms with E-state index in [9.17, 15) is 9.18 Å². The van der Waals surface area contributed by atoms with Gasteiger partial charge in [0.1, 0.15) is 5.82 Å². The van der Waals surface area contributed by atoms with Crippen LogP contribution in [0.2, 0.25) is 5.02 Å². The first-order chi connectivity index (χ1) is 10.1. The zero-order valence-corrected chi connectivity index (χ0v) is 13.0. The van der Waals surface area contributed by atoms with E-state index < -0.39 is 5.82 Å². The molecule has 0 saturated heterocycles. The van der Waals surface area contributed by atoms with Gasteiger partial charge in [-0.15, -0.1) is 11.8 Å². The second kappa shape index (κ2) is 7.48. The Labute approximate surface area is 132 Å². The topological polar surface area (TPSA) is 29.1 Å². The summed E-state index contributed by atoms with van der Waals surface area (Å²) >= 11 is 7.22. The smallest absolute Gasteiger partial charge is 0.234 e. The summed E-state index contributed by atoms with van der Waals surface area (Å²) in [5.74, 6) is -0.308. The first-order valence-corrected chi connectivity index (χ1v) is 7.90. The highest BCUT2D eigenvalue weighted by molar-refractivity contribution is 8.00. The van der Waals surface area contributed by atoms with Crippen molar-refractivity contribution in [2.75, 3.05) is 11.1 Å². The van der Waals surface area contributed by atoms with Crippen molar-refractivity contribution in [1.82, 2.24) is 0 Å². The molecule has 1 atom stereocenters. The molecule has 2 aromatic carbocycles. The molecule has 0 saturated carbocycles. The Kier molecular flexibility index (Phi) is 5.65. The van der Waals surface area contributed by atoms with E-state index in [4.69, 9.17) is 11.6 Å². The highest BCUT2D eigenvalue weighted by Crippen LogP contribution is 2.28. The van der Waals surface area contributed by atoms with E-state index in [1.807, 2.05) is 30.3 Å². The SMILES string of the molecule is C[C@H](SCC(=O)Nc1ccc(F)c(Cl)c1)c1ccccc1. The van der Waals surface area contributed by atoms with Gasteiger partial charge in [-0.3, -0.25) is 4.79 Å². The lowest BCUT2D eigenvalue weighted by Crippen LogP contribution is -2.14. The summed E-state index contributed by atoms with van der Waals surface area (Å²) in [6.45, 7) is 2.06. The lowest BCUT2D eigenvalue weighted by molar-refractivity contribution is -0.113.